The Kier molecular flexibility index (Phi) is 4.76. The van der Waals surface area contributed by atoms with Gasteiger partial charge in [0.25, 0.3) is 0 Å². The highest BCUT2D eigenvalue weighted by Crippen LogP contribution is 2.13. The van der Waals surface area contributed by atoms with Crippen molar-refractivity contribution in [2.24, 2.45) is 5.92 Å². The van der Waals surface area contributed by atoms with Crippen molar-refractivity contribution >= 4 is 6.09 Å². The number of amides is 1. The van der Waals surface area contributed by atoms with E-state index in [2.05, 4.69) is 16.3 Å². The van der Waals surface area contributed by atoms with Crippen LogP contribution in [0.15, 0.2) is 0 Å². The van der Waals surface area contributed by atoms with E-state index >= 15 is 0 Å². The summed E-state index contributed by atoms with van der Waals surface area (Å²) in [6.07, 6.45) is 0.521. The lowest BCUT2D eigenvalue weighted by Gasteiger charge is -2.35. The van der Waals surface area contributed by atoms with E-state index in [1.807, 2.05) is 20.8 Å². The number of alkyl carbamates (subject to hydrolysis) is 1. The van der Waals surface area contributed by atoms with Crippen LogP contribution in [0, 0.1) is 17.2 Å². The van der Waals surface area contributed by atoms with Crippen molar-refractivity contribution in [3.63, 3.8) is 0 Å². The van der Waals surface area contributed by atoms with Crippen LogP contribution in [0.3, 0.4) is 0 Å². The van der Waals surface area contributed by atoms with Gasteiger partial charge in [-0.1, -0.05) is 0 Å². The second-order valence-corrected chi connectivity index (χ2v) is 5.37. The van der Waals surface area contributed by atoms with Crippen molar-refractivity contribution in [3.05, 3.63) is 0 Å². The zero-order valence-electron chi connectivity index (χ0n) is 10.8. The van der Waals surface area contributed by atoms with E-state index in [1.165, 1.54) is 0 Å². The summed E-state index contributed by atoms with van der Waals surface area (Å²) < 4.78 is 5.11. The summed E-state index contributed by atoms with van der Waals surface area (Å²) >= 11 is 0. The largest absolute Gasteiger partial charge is 0.444 e. The minimum absolute atomic E-state index is 0.203. The second-order valence-electron chi connectivity index (χ2n) is 5.37. The monoisotopic (exact) mass is 239 g/mol. The lowest BCUT2D eigenvalue weighted by Crippen LogP contribution is -2.46. The van der Waals surface area contributed by atoms with E-state index in [0.717, 1.165) is 26.1 Å². The van der Waals surface area contributed by atoms with Gasteiger partial charge in [-0.05, 0) is 33.7 Å². The van der Waals surface area contributed by atoms with Gasteiger partial charge in [-0.3, -0.25) is 0 Å². The Balaban J connectivity index is 1.98. The molecular weight excluding hydrogens is 218 g/mol. The van der Waals surface area contributed by atoms with Gasteiger partial charge in [0.15, 0.2) is 0 Å². The molecule has 0 bridgehead atoms. The molecule has 0 aromatic carbocycles. The SMILES string of the molecule is CC(C)(C)OC(=O)NCCCN1CC(C#N)C1. The first-order chi connectivity index (χ1) is 7.90. The van der Waals surface area contributed by atoms with Crippen LogP contribution in [0.5, 0.6) is 0 Å². The number of ether oxygens (including phenoxy) is 1. The van der Waals surface area contributed by atoms with Crippen LogP contribution in [0.2, 0.25) is 0 Å². The number of hydrogen-bond acceptors (Lipinski definition) is 4. The molecule has 1 saturated heterocycles. The van der Waals surface area contributed by atoms with Gasteiger partial charge in [-0.15, -0.1) is 0 Å². The number of hydrogen-bond donors (Lipinski definition) is 1. The number of nitrogens with one attached hydrogen (secondary N) is 1. The first kappa shape index (κ1) is 13.8. The van der Waals surface area contributed by atoms with Crippen molar-refractivity contribution in [3.8, 4) is 6.07 Å². The molecule has 1 heterocycles. The Morgan fingerprint density at radius 3 is 2.71 bits per heavy atom. The van der Waals surface area contributed by atoms with Crippen LogP contribution in [0.25, 0.3) is 0 Å². The number of carbonyl (C=O) groups is 1. The average molecular weight is 239 g/mol. The molecule has 0 saturated carbocycles. The summed E-state index contributed by atoms with van der Waals surface area (Å²) in [6, 6.07) is 2.23. The maximum Gasteiger partial charge on any atom is 0.407 e. The molecule has 0 aliphatic carbocycles. The first-order valence-corrected chi connectivity index (χ1v) is 5.99. The van der Waals surface area contributed by atoms with Crippen LogP contribution in [0.4, 0.5) is 4.79 Å². The van der Waals surface area contributed by atoms with Crippen LogP contribution >= 0.6 is 0 Å². The van der Waals surface area contributed by atoms with E-state index in [0.29, 0.717) is 6.54 Å². The molecular formula is C12H21N3O2. The Morgan fingerprint density at radius 1 is 1.53 bits per heavy atom. The van der Waals surface area contributed by atoms with E-state index in [-0.39, 0.29) is 12.0 Å². The van der Waals surface area contributed by atoms with Gasteiger partial charge in [0.1, 0.15) is 5.60 Å². The van der Waals surface area contributed by atoms with Gasteiger partial charge in [0, 0.05) is 19.6 Å². The molecule has 1 aliphatic rings. The molecule has 96 valence electrons. The molecule has 0 unspecified atom stereocenters. The molecule has 1 rings (SSSR count). The Labute approximate surface area is 103 Å². The van der Waals surface area contributed by atoms with Gasteiger partial charge in [0.05, 0.1) is 12.0 Å². The highest BCUT2D eigenvalue weighted by atomic mass is 16.6. The lowest BCUT2D eigenvalue weighted by molar-refractivity contribution is 0.0522. The van der Waals surface area contributed by atoms with E-state index < -0.39 is 5.60 Å². The highest BCUT2D eigenvalue weighted by molar-refractivity contribution is 5.67. The quantitative estimate of drug-likeness (QED) is 0.752. The third-order valence-corrected chi connectivity index (χ3v) is 2.46. The predicted octanol–water partition coefficient (Wildman–Crippen LogP) is 1.36. The van der Waals surface area contributed by atoms with Crippen LogP contribution in [-0.4, -0.2) is 42.8 Å². The first-order valence-electron chi connectivity index (χ1n) is 5.99. The Morgan fingerprint density at radius 2 is 2.18 bits per heavy atom. The van der Waals surface area contributed by atoms with Crippen LogP contribution in [-0.2, 0) is 4.74 Å². The molecule has 5 heteroatoms. The fraction of sp³-hybridized carbons (Fsp3) is 0.833. The van der Waals surface area contributed by atoms with E-state index in [4.69, 9.17) is 10.00 Å². The molecule has 0 spiro atoms. The topological polar surface area (TPSA) is 65.4 Å². The minimum atomic E-state index is -0.443. The second kappa shape index (κ2) is 5.87. The maximum absolute atomic E-state index is 11.3. The van der Waals surface area contributed by atoms with Crippen molar-refractivity contribution in [2.45, 2.75) is 32.8 Å². The van der Waals surface area contributed by atoms with Gasteiger partial charge in [-0.25, -0.2) is 4.79 Å². The summed E-state index contributed by atoms with van der Waals surface area (Å²) in [4.78, 5) is 13.5. The number of nitrogens with zero attached hydrogens (tertiary/aromatic N) is 2. The lowest BCUT2D eigenvalue weighted by atomic mass is 10.0. The minimum Gasteiger partial charge on any atom is -0.444 e. The van der Waals surface area contributed by atoms with Gasteiger partial charge >= 0.3 is 6.09 Å². The van der Waals surface area contributed by atoms with Crippen LogP contribution in [0.1, 0.15) is 27.2 Å². The van der Waals surface area contributed by atoms with Crippen molar-refractivity contribution in [2.75, 3.05) is 26.2 Å². The standard InChI is InChI=1S/C12H21N3O2/c1-12(2,3)17-11(16)14-5-4-6-15-8-10(7-13)9-15/h10H,4-6,8-9H2,1-3H3,(H,14,16). The molecule has 0 atom stereocenters. The van der Waals surface area contributed by atoms with Gasteiger partial charge in [-0.2, -0.15) is 5.26 Å². The number of rotatable bonds is 4. The van der Waals surface area contributed by atoms with E-state index in [1.54, 1.807) is 0 Å². The molecule has 5 nitrogen and oxygen atoms in total. The fourth-order valence-electron chi connectivity index (χ4n) is 1.64. The summed E-state index contributed by atoms with van der Waals surface area (Å²) in [7, 11) is 0. The number of likely N-dealkylation sites (tertiary alicyclic amines) is 1. The molecule has 1 aliphatic heterocycles. The third kappa shape index (κ3) is 5.55. The van der Waals surface area contributed by atoms with Crippen molar-refractivity contribution in [1.29, 1.82) is 5.26 Å². The van der Waals surface area contributed by atoms with Crippen molar-refractivity contribution in [1.82, 2.24) is 10.2 Å². The molecule has 1 fully saturated rings. The third-order valence-electron chi connectivity index (χ3n) is 2.46. The fourth-order valence-corrected chi connectivity index (χ4v) is 1.64. The van der Waals surface area contributed by atoms with Crippen molar-refractivity contribution < 1.29 is 9.53 Å². The number of nitriles is 1. The molecule has 17 heavy (non-hydrogen) atoms. The average Bonchev–Trinajstić information content (AvgIpc) is 2.11. The zero-order valence-corrected chi connectivity index (χ0v) is 10.8. The van der Waals surface area contributed by atoms with E-state index in [9.17, 15) is 4.79 Å². The number of carbonyl (C=O) groups excluding carboxylic acids is 1. The smallest absolute Gasteiger partial charge is 0.407 e. The highest BCUT2D eigenvalue weighted by Gasteiger charge is 2.25. The zero-order chi connectivity index (χ0) is 12.9. The summed E-state index contributed by atoms with van der Waals surface area (Å²) in [5.41, 5.74) is -0.443. The summed E-state index contributed by atoms with van der Waals surface area (Å²) in [5, 5.41) is 11.3. The van der Waals surface area contributed by atoms with Gasteiger partial charge in [0.2, 0.25) is 0 Å². The predicted molar refractivity (Wildman–Crippen MR) is 64.4 cm³/mol. The molecule has 1 N–H and O–H groups in total. The van der Waals surface area contributed by atoms with Crippen LogP contribution < -0.4 is 5.32 Å². The molecule has 0 aromatic heterocycles. The maximum atomic E-state index is 11.3. The van der Waals surface area contributed by atoms with Gasteiger partial charge < -0.3 is 15.0 Å². The molecule has 1 amide bonds. The summed E-state index contributed by atoms with van der Waals surface area (Å²) in [6.45, 7) is 8.79. The Hall–Kier alpha value is -1.28. The molecule has 0 aromatic rings. The normalized spacial score (nSPS) is 17.1. The summed E-state index contributed by atoms with van der Waals surface area (Å²) in [5.74, 6) is 0.203. The molecule has 0 radical (unpaired) electrons. The Bertz CT molecular complexity index is 298.